The summed E-state index contributed by atoms with van der Waals surface area (Å²) in [4.78, 5) is 23.9. The van der Waals surface area contributed by atoms with Gasteiger partial charge in [0.25, 0.3) is 0 Å². The van der Waals surface area contributed by atoms with Gasteiger partial charge in [-0.1, -0.05) is 11.3 Å². The van der Waals surface area contributed by atoms with Crippen LogP contribution in [0.1, 0.15) is 16.0 Å². The maximum atomic E-state index is 14.9. The highest BCUT2D eigenvalue weighted by atomic mass is 79.9. The van der Waals surface area contributed by atoms with E-state index >= 15 is 0 Å². The molecule has 0 fully saturated rings. The molecule has 0 bridgehead atoms. The number of anilines is 1. The first-order valence-corrected chi connectivity index (χ1v) is 9.68. The normalized spacial score (nSPS) is 13.4. The van der Waals surface area contributed by atoms with Crippen LogP contribution in [0.25, 0.3) is 11.6 Å². The molecule has 0 atom stereocenters. The highest BCUT2D eigenvalue weighted by Crippen LogP contribution is 2.23. The van der Waals surface area contributed by atoms with Crippen molar-refractivity contribution < 1.29 is 9.50 Å². The summed E-state index contributed by atoms with van der Waals surface area (Å²) >= 11 is 4.13. The molecule has 0 saturated heterocycles. The molecule has 28 heavy (non-hydrogen) atoms. The number of nitrogens with two attached hydrogens (primary N) is 1. The first kappa shape index (κ1) is 18.5. The van der Waals surface area contributed by atoms with Gasteiger partial charge < -0.3 is 10.8 Å². The Balaban J connectivity index is 1.81. The van der Waals surface area contributed by atoms with Crippen molar-refractivity contribution in [3.05, 3.63) is 71.2 Å². The van der Waals surface area contributed by atoms with Gasteiger partial charge in [-0.15, -0.1) is 0 Å². The van der Waals surface area contributed by atoms with Crippen molar-refractivity contribution in [3.8, 4) is 5.88 Å². The fraction of sp³-hybridized carbons (Fsp3) is 0.111. The molecular weight excluding hydrogens is 449 g/mol. The average molecular weight is 462 g/mol. The molecular formula is C18H13BrFN5O2S. The number of halogens is 2. The number of rotatable bonds is 3. The van der Waals surface area contributed by atoms with Gasteiger partial charge in [-0.05, 0) is 44.4 Å². The Morgan fingerprint density at radius 2 is 2.11 bits per heavy atom. The molecule has 3 N–H and O–H groups in total. The molecule has 0 radical (unpaired) electrons. The average Bonchev–Trinajstić information content (AvgIpc) is 3.18. The molecule has 0 unspecified atom stereocenters. The minimum absolute atomic E-state index is 0.165. The van der Waals surface area contributed by atoms with E-state index < -0.39 is 5.82 Å². The third kappa shape index (κ3) is 3.14. The van der Waals surface area contributed by atoms with Gasteiger partial charge in [0, 0.05) is 37.6 Å². The quantitative estimate of drug-likeness (QED) is 0.614. The topological polar surface area (TPSA) is 106 Å². The number of hydrogen-bond acceptors (Lipinski definition) is 7. The van der Waals surface area contributed by atoms with E-state index in [0.29, 0.717) is 22.1 Å². The van der Waals surface area contributed by atoms with Crippen LogP contribution in [0.2, 0.25) is 0 Å². The van der Waals surface area contributed by atoms with Crippen molar-refractivity contribution in [1.82, 2.24) is 14.5 Å². The molecule has 7 nitrogen and oxygen atoms in total. The van der Waals surface area contributed by atoms with Crippen molar-refractivity contribution in [1.29, 1.82) is 0 Å². The first-order chi connectivity index (χ1) is 13.3. The Bertz CT molecular complexity index is 1310. The summed E-state index contributed by atoms with van der Waals surface area (Å²) in [6, 6.07) is 1.77. The second kappa shape index (κ2) is 6.95. The van der Waals surface area contributed by atoms with E-state index in [1.807, 2.05) is 0 Å². The number of thiazole rings is 1. The lowest BCUT2D eigenvalue weighted by Crippen LogP contribution is -2.20. The van der Waals surface area contributed by atoms with Gasteiger partial charge in [0.2, 0.25) is 11.8 Å². The van der Waals surface area contributed by atoms with Crippen LogP contribution in [0.3, 0.4) is 0 Å². The highest BCUT2D eigenvalue weighted by molar-refractivity contribution is 9.10. The standard InChI is InChI=1S/C18H13BrFN5O2S/c1-25-16(26)12(28-18(25)27)4-9-3-11-10(2-8-5-23-17(21)24-6-8)7-22-15(11)14(20)13(9)19/h3-7,26H,2H2,1H3,(H2,21,23,24)/b9-4+. The van der Waals surface area contributed by atoms with E-state index in [1.165, 1.54) is 7.05 Å². The summed E-state index contributed by atoms with van der Waals surface area (Å²) in [6.45, 7) is 0. The predicted octanol–water partition coefficient (Wildman–Crippen LogP) is 1.47. The van der Waals surface area contributed by atoms with Crippen molar-refractivity contribution in [2.24, 2.45) is 12.0 Å². The number of nitrogen functional groups attached to an aromatic ring is 1. The maximum Gasteiger partial charge on any atom is 0.310 e. The van der Waals surface area contributed by atoms with E-state index in [4.69, 9.17) is 5.73 Å². The number of aromatic hydroxyl groups is 1. The third-order valence-electron chi connectivity index (χ3n) is 4.32. The number of hydrogen-bond donors (Lipinski definition) is 2. The van der Waals surface area contributed by atoms with Crippen LogP contribution in [0.5, 0.6) is 5.88 Å². The molecule has 10 heteroatoms. The van der Waals surface area contributed by atoms with Crippen molar-refractivity contribution in [2.45, 2.75) is 6.42 Å². The van der Waals surface area contributed by atoms with Crippen LogP contribution in [-0.2, 0) is 13.5 Å². The monoisotopic (exact) mass is 461 g/mol. The molecule has 142 valence electrons. The molecule has 1 aliphatic heterocycles. The minimum atomic E-state index is -0.508. The molecule has 3 heterocycles. The molecule has 2 aromatic heterocycles. The lowest BCUT2D eigenvalue weighted by Gasteiger charge is -2.06. The molecule has 0 amide bonds. The number of aromatic nitrogens is 3. The van der Waals surface area contributed by atoms with E-state index in [9.17, 15) is 14.3 Å². The smallest absolute Gasteiger partial charge is 0.310 e. The zero-order valence-electron chi connectivity index (χ0n) is 14.5. The van der Waals surface area contributed by atoms with Crippen LogP contribution >= 0.6 is 27.3 Å². The van der Waals surface area contributed by atoms with E-state index in [1.54, 1.807) is 30.7 Å². The number of nitrogens with zero attached hydrogens (tertiary/aromatic N) is 4. The second-order valence-corrected chi connectivity index (χ2v) is 7.95. The summed E-state index contributed by atoms with van der Waals surface area (Å²) in [5, 5.41) is 10.8. The molecule has 0 spiro atoms. The fourth-order valence-corrected chi connectivity index (χ4v) is 4.08. The summed E-state index contributed by atoms with van der Waals surface area (Å²) < 4.78 is 16.2. The Morgan fingerprint density at radius 3 is 2.75 bits per heavy atom. The molecule has 0 aliphatic carbocycles. The number of allylic oxidation sites excluding steroid dienone is 1. The summed E-state index contributed by atoms with van der Waals surface area (Å²) in [5.74, 6) is -0.489. The fourth-order valence-electron chi connectivity index (χ4n) is 2.84. The lowest BCUT2D eigenvalue weighted by molar-refractivity contribution is 0.428. The number of fused-ring (bicyclic) bond motifs is 1. The Morgan fingerprint density at radius 1 is 1.39 bits per heavy atom. The Labute approximate surface area is 170 Å². The van der Waals surface area contributed by atoms with Crippen molar-refractivity contribution in [3.63, 3.8) is 0 Å². The van der Waals surface area contributed by atoms with Gasteiger partial charge >= 0.3 is 4.87 Å². The van der Waals surface area contributed by atoms with Gasteiger partial charge in [-0.25, -0.2) is 14.4 Å². The summed E-state index contributed by atoms with van der Waals surface area (Å²) in [7, 11) is 1.47. The zero-order valence-corrected chi connectivity index (χ0v) is 16.9. The van der Waals surface area contributed by atoms with E-state index in [-0.39, 0.29) is 26.5 Å². The summed E-state index contributed by atoms with van der Waals surface area (Å²) in [5.41, 5.74) is 7.76. The van der Waals surface area contributed by atoms with Gasteiger partial charge in [0.1, 0.15) is 5.36 Å². The van der Waals surface area contributed by atoms with Gasteiger partial charge in [-0.3, -0.25) is 14.4 Å². The molecule has 1 aliphatic rings. The van der Waals surface area contributed by atoms with Gasteiger partial charge in [0.05, 0.1) is 9.35 Å². The maximum absolute atomic E-state index is 14.9. The first-order valence-electron chi connectivity index (χ1n) is 8.07. The van der Waals surface area contributed by atoms with Crippen LogP contribution in [0.15, 0.2) is 38.9 Å². The molecule has 4 rings (SSSR count). The number of benzene rings is 1. The van der Waals surface area contributed by atoms with Crippen molar-refractivity contribution >= 4 is 44.9 Å². The Hall–Kier alpha value is -2.85. The Kier molecular flexibility index (Phi) is 4.60. The summed E-state index contributed by atoms with van der Waals surface area (Å²) in [6.07, 6.45) is 6.86. The van der Waals surface area contributed by atoms with Crippen LogP contribution in [0.4, 0.5) is 10.3 Å². The lowest BCUT2D eigenvalue weighted by atomic mass is 10.0. The van der Waals surface area contributed by atoms with Gasteiger partial charge in [0.15, 0.2) is 5.82 Å². The second-order valence-electron chi connectivity index (χ2n) is 6.16. The van der Waals surface area contributed by atoms with E-state index in [2.05, 4.69) is 30.9 Å². The van der Waals surface area contributed by atoms with Crippen LogP contribution in [0, 0.1) is 5.82 Å². The van der Waals surface area contributed by atoms with Crippen molar-refractivity contribution in [2.75, 3.05) is 5.73 Å². The predicted molar refractivity (Wildman–Crippen MR) is 108 cm³/mol. The highest BCUT2D eigenvalue weighted by Gasteiger charge is 2.18. The molecule has 0 saturated carbocycles. The molecule has 3 aromatic rings. The zero-order chi connectivity index (χ0) is 20.0. The molecule has 1 aromatic carbocycles. The van der Waals surface area contributed by atoms with Gasteiger partial charge in [-0.2, -0.15) is 0 Å². The van der Waals surface area contributed by atoms with Crippen LogP contribution < -0.4 is 21.2 Å². The minimum Gasteiger partial charge on any atom is -0.493 e. The largest absolute Gasteiger partial charge is 0.493 e. The van der Waals surface area contributed by atoms with Crippen LogP contribution in [-0.4, -0.2) is 19.6 Å². The SMILES string of the molecule is Cn1c(O)c(/C=c2\cc3c(c(F)c2Br)=NC=C3Cc2cnc(N)nc2)sc1=O. The third-order valence-corrected chi connectivity index (χ3v) is 6.09. The van der Waals surface area contributed by atoms with E-state index in [0.717, 1.165) is 27.0 Å².